The second kappa shape index (κ2) is 7.57. The van der Waals surface area contributed by atoms with Crippen LogP contribution in [-0.2, 0) is 11.2 Å². The van der Waals surface area contributed by atoms with Gasteiger partial charge < -0.3 is 18.8 Å². The molecule has 4 heterocycles. The van der Waals surface area contributed by atoms with Crippen molar-refractivity contribution in [1.29, 1.82) is 0 Å². The average molecular weight is 398 g/mol. The Bertz CT molecular complexity index is 1030. The number of amides is 1. The Morgan fingerprint density at radius 2 is 2.03 bits per heavy atom. The number of aryl methyl sites for hydroxylation is 1. The minimum Gasteiger partial charge on any atom is -0.478 e. The van der Waals surface area contributed by atoms with Gasteiger partial charge in [0.25, 0.3) is 5.89 Å². The van der Waals surface area contributed by atoms with Crippen LogP contribution in [0.2, 0.25) is 0 Å². The predicted octanol–water partition coefficient (Wildman–Crippen LogP) is 2.85. The standard InChI is InChI=1S/C20H22N4O5/c1-12-15(20(26)27)11-21-24(12)14-5-7-23(8-6-14)18(25)10-16-13(2)29-19(22-16)17-4-3-9-28-17/h3-4,9,11,14H,5-8,10H2,1-2H3,(H,26,27). The van der Waals surface area contributed by atoms with Crippen molar-refractivity contribution in [2.24, 2.45) is 0 Å². The van der Waals surface area contributed by atoms with Crippen LogP contribution < -0.4 is 0 Å². The van der Waals surface area contributed by atoms with Gasteiger partial charge in [-0.25, -0.2) is 9.78 Å². The maximum Gasteiger partial charge on any atom is 0.339 e. The number of carbonyl (C=O) groups is 2. The third-order valence-corrected chi connectivity index (χ3v) is 5.38. The summed E-state index contributed by atoms with van der Waals surface area (Å²) in [4.78, 5) is 30.2. The van der Waals surface area contributed by atoms with Crippen LogP contribution in [0.3, 0.4) is 0 Å². The first-order valence-corrected chi connectivity index (χ1v) is 9.49. The Kier molecular flexibility index (Phi) is 4.96. The molecule has 0 aliphatic carbocycles. The van der Waals surface area contributed by atoms with Gasteiger partial charge in [-0.05, 0) is 38.8 Å². The highest BCUT2D eigenvalue weighted by molar-refractivity contribution is 5.88. The molecule has 1 aliphatic rings. The zero-order valence-corrected chi connectivity index (χ0v) is 16.3. The Morgan fingerprint density at radius 1 is 1.28 bits per heavy atom. The fraction of sp³-hybridized carbons (Fsp3) is 0.400. The normalized spacial score (nSPS) is 15.0. The number of piperidine rings is 1. The number of rotatable bonds is 5. The lowest BCUT2D eigenvalue weighted by Gasteiger charge is -2.32. The highest BCUT2D eigenvalue weighted by Gasteiger charge is 2.27. The van der Waals surface area contributed by atoms with Crippen molar-refractivity contribution in [2.75, 3.05) is 13.1 Å². The van der Waals surface area contributed by atoms with Crippen LogP contribution in [0, 0.1) is 13.8 Å². The lowest BCUT2D eigenvalue weighted by Crippen LogP contribution is -2.40. The molecule has 3 aromatic rings. The lowest BCUT2D eigenvalue weighted by atomic mass is 10.0. The van der Waals surface area contributed by atoms with Crippen LogP contribution in [0.25, 0.3) is 11.7 Å². The smallest absolute Gasteiger partial charge is 0.339 e. The highest BCUT2D eigenvalue weighted by Crippen LogP contribution is 2.26. The molecule has 1 aliphatic heterocycles. The van der Waals surface area contributed by atoms with Gasteiger partial charge in [0.1, 0.15) is 11.3 Å². The first kappa shape index (κ1) is 19.0. The SMILES string of the molecule is Cc1oc(-c2ccco2)nc1CC(=O)N1CCC(n2ncc(C(=O)O)c2C)CC1. The first-order chi connectivity index (χ1) is 13.9. The molecule has 0 atom stereocenters. The van der Waals surface area contributed by atoms with E-state index in [9.17, 15) is 14.7 Å². The number of aromatic carboxylic acids is 1. The van der Waals surface area contributed by atoms with E-state index in [1.165, 1.54) is 6.20 Å². The maximum absolute atomic E-state index is 12.7. The summed E-state index contributed by atoms with van der Waals surface area (Å²) >= 11 is 0. The second-order valence-corrected chi connectivity index (χ2v) is 7.18. The molecule has 0 unspecified atom stereocenters. The third-order valence-electron chi connectivity index (χ3n) is 5.38. The summed E-state index contributed by atoms with van der Waals surface area (Å²) in [5.74, 6) is 0.529. The molecule has 1 amide bonds. The van der Waals surface area contributed by atoms with E-state index in [0.29, 0.717) is 41.9 Å². The summed E-state index contributed by atoms with van der Waals surface area (Å²) in [7, 11) is 0. The van der Waals surface area contributed by atoms with Gasteiger partial charge in [-0.3, -0.25) is 9.48 Å². The van der Waals surface area contributed by atoms with Gasteiger partial charge in [0, 0.05) is 13.1 Å². The Labute approximate surface area is 166 Å². The summed E-state index contributed by atoms with van der Waals surface area (Å²) in [5.41, 5.74) is 1.47. The number of aromatic nitrogens is 3. The fourth-order valence-electron chi connectivity index (χ4n) is 3.71. The Balaban J connectivity index is 1.38. The van der Waals surface area contributed by atoms with Gasteiger partial charge in [0.05, 0.1) is 36.3 Å². The highest BCUT2D eigenvalue weighted by atomic mass is 16.4. The molecule has 1 saturated heterocycles. The van der Waals surface area contributed by atoms with Crippen LogP contribution in [0.1, 0.15) is 46.4 Å². The third kappa shape index (κ3) is 3.67. The van der Waals surface area contributed by atoms with Crippen LogP contribution >= 0.6 is 0 Å². The number of carboxylic acid groups (broad SMARTS) is 1. The van der Waals surface area contributed by atoms with E-state index in [1.54, 1.807) is 36.9 Å². The molecule has 1 fully saturated rings. The van der Waals surface area contributed by atoms with E-state index in [4.69, 9.17) is 8.83 Å². The van der Waals surface area contributed by atoms with E-state index in [1.807, 2.05) is 4.90 Å². The number of hydrogen-bond donors (Lipinski definition) is 1. The van der Waals surface area contributed by atoms with Crippen LogP contribution in [0.15, 0.2) is 33.4 Å². The largest absolute Gasteiger partial charge is 0.478 e. The average Bonchev–Trinajstić information content (AvgIpc) is 3.43. The molecule has 1 N–H and O–H groups in total. The molecule has 29 heavy (non-hydrogen) atoms. The zero-order chi connectivity index (χ0) is 20.5. The summed E-state index contributed by atoms with van der Waals surface area (Å²) in [6.45, 7) is 4.73. The van der Waals surface area contributed by atoms with Gasteiger partial charge in [-0.1, -0.05) is 0 Å². The quantitative estimate of drug-likeness (QED) is 0.703. The van der Waals surface area contributed by atoms with E-state index in [0.717, 1.165) is 12.8 Å². The number of carbonyl (C=O) groups excluding carboxylic acids is 1. The summed E-state index contributed by atoms with van der Waals surface area (Å²) in [6, 6.07) is 3.60. The van der Waals surface area contributed by atoms with Crippen molar-refractivity contribution in [3.63, 3.8) is 0 Å². The Hall–Kier alpha value is -3.36. The van der Waals surface area contributed by atoms with Crippen LogP contribution in [0.5, 0.6) is 0 Å². The monoisotopic (exact) mass is 398 g/mol. The van der Waals surface area contributed by atoms with Gasteiger partial charge in [0.15, 0.2) is 5.76 Å². The lowest BCUT2D eigenvalue weighted by molar-refractivity contribution is -0.131. The van der Waals surface area contributed by atoms with Crippen molar-refractivity contribution in [1.82, 2.24) is 19.7 Å². The van der Waals surface area contributed by atoms with Crippen LogP contribution in [0.4, 0.5) is 0 Å². The van der Waals surface area contributed by atoms with Crippen molar-refractivity contribution >= 4 is 11.9 Å². The summed E-state index contributed by atoms with van der Waals surface area (Å²) in [5, 5.41) is 13.4. The number of nitrogens with zero attached hydrogens (tertiary/aromatic N) is 4. The van der Waals surface area contributed by atoms with Gasteiger partial charge in [0.2, 0.25) is 5.91 Å². The summed E-state index contributed by atoms with van der Waals surface area (Å²) in [6.07, 6.45) is 4.56. The van der Waals surface area contributed by atoms with Crippen LogP contribution in [-0.4, -0.2) is 49.7 Å². The minimum absolute atomic E-state index is 0.00532. The van der Waals surface area contributed by atoms with Crippen molar-refractivity contribution < 1.29 is 23.5 Å². The number of furan rings is 1. The number of hydrogen-bond acceptors (Lipinski definition) is 6. The van der Waals surface area contributed by atoms with E-state index >= 15 is 0 Å². The molecule has 9 heteroatoms. The van der Waals surface area contributed by atoms with Gasteiger partial charge in [-0.15, -0.1) is 0 Å². The van der Waals surface area contributed by atoms with Crippen molar-refractivity contribution in [2.45, 2.75) is 39.2 Å². The molecular weight excluding hydrogens is 376 g/mol. The minimum atomic E-state index is -0.974. The first-order valence-electron chi connectivity index (χ1n) is 9.49. The molecule has 9 nitrogen and oxygen atoms in total. The number of carboxylic acids is 1. The summed E-state index contributed by atoms with van der Waals surface area (Å²) < 4.78 is 12.7. The van der Waals surface area contributed by atoms with Crippen molar-refractivity contribution in [3.05, 3.63) is 47.3 Å². The van der Waals surface area contributed by atoms with Gasteiger partial charge >= 0.3 is 5.97 Å². The number of likely N-dealkylation sites (tertiary alicyclic amines) is 1. The molecule has 3 aromatic heterocycles. The molecule has 4 rings (SSSR count). The zero-order valence-electron chi connectivity index (χ0n) is 16.3. The van der Waals surface area contributed by atoms with Gasteiger partial charge in [-0.2, -0.15) is 5.10 Å². The maximum atomic E-state index is 12.7. The Morgan fingerprint density at radius 3 is 2.66 bits per heavy atom. The molecule has 0 aromatic carbocycles. The molecule has 152 valence electrons. The molecule has 0 saturated carbocycles. The second-order valence-electron chi connectivity index (χ2n) is 7.18. The van der Waals surface area contributed by atoms with Crippen molar-refractivity contribution in [3.8, 4) is 11.7 Å². The van der Waals surface area contributed by atoms with E-state index in [2.05, 4.69) is 10.1 Å². The topological polar surface area (TPSA) is 115 Å². The predicted molar refractivity (Wildman–Crippen MR) is 101 cm³/mol. The molecule has 0 bridgehead atoms. The molecular formula is C20H22N4O5. The molecule has 0 spiro atoms. The molecule has 0 radical (unpaired) electrons. The number of oxazole rings is 1. The van der Waals surface area contributed by atoms with E-state index < -0.39 is 5.97 Å². The fourth-order valence-corrected chi connectivity index (χ4v) is 3.71. The van der Waals surface area contributed by atoms with E-state index in [-0.39, 0.29) is 23.9 Å².